The van der Waals surface area contributed by atoms with E-state index in [0.717, 1.165) is 30.6 Å². The lowest BCUT2D eigenvalue weighted by molar-refractivity contribution is -0.121. The molecule has 0 saturated heterocycles. The van der Waals surface area contributed by atoms with Gasteiger partial charge in [-0.2, -0.15) is 0 Å². The van der Waals surface area contributed by atoms with Gasteiger partial charge in [-0.3, -0.25) is 4.79 Å². The molecule has 0 bridgehead atoms. The van der Waals surface area contributed by atoms with E-state index in [1.165, 1.54) is 0 Å². The van der Waals surface area contributed by atoms with Crippen LogP contribution >= 0.6 is 11.6 Å². The van der Waals surface area contributed by atoms with Crippen LogP contribution in [-0.4, -0.2) is 12.9 Å². The molecule has 1 saturated carbocycles. The Balaban J connectivity index is 2.36. The maximum absolute atomic E-state index is 11.9. The van der Waals surface area contributed by atoms with E-state index in [-0.39, 0.29) is 5.92 Å². The maximum atomic E-state index is 11.9. The van der Waals surface area contributed by atoms with E-state index in [1.807, 2.05) is 12.1 Å². The molecular formula is C13H15ClO2. The first-order valence-electron chi connectivity index (χ1n) is 5.58. The average Bonchev–Trinajstić information content (AvgIpc) is 2.29. The van der Waals surface area contributed by atoms with Crippen LogP contribution in [0.15, 0.2) is 18.2 Å². The van der Waals surface area contributed by atoms with Crippen molar-refractivity contribution in [3.8, 4) is 5.75 Å². The van der Waals surface area contributed by atoms with Gasteiger partial charge >= 0.3 is 0 Å². The SMILES string of the molecule is COc1ccc(Cl)cc1[C@@H]1CCCCC1=O. The molecule has 86 valence electrons. The number of rotatable bonds is 2. The summed E-state index contributed by atoms with van der Waals surface area (Å²) in [5.41, 5.74) is 0.944. The number of carbonyl (C=O) groups is 1. The van der Waals surface area contributed by atoms with Gasteiger partial charge in [0.05, 0.1) is 7.11 Å². The van der Waals surface area contributed by atoms with Gasteiger partial charge in [-0.05, 0) is 31.0 Å². The lowest BCUT2D eigenvalue weighted by atomic mass is 9.82. The van der Waals surface area contributed by atoms with E-state index < -0.39 is 0 Å². The molecule has 1 aliphatic carbocycles. The van der Waals surface area contributed by atoms with Gasteiger partial charge in [-0.25, -0.2) is 0 Å². The molecule has 1 fully saturated rings. The topological polar surface area (TPSA) is 26.3 Å². The summed E-state index contributed by atoms with van der Waals surface area (Å²) in [5, 5.41) is 0.661. The fourth-order valence-electron chi connectivity index (χ4n) is 2.29. The number of hydrogen-bond donors (Lipinski definition) is 0. The van der Waals surface area contributed by atoms with Crippen molar-refractivity contribution in [2.24, 2.45) is 0 Å². The Morgan fingerprint density at radius 2 is 2.19 bits per heavy atom. The van der Waals surface area contributed by atoms with E-state index >= 15 is 0 Å². The molecule has 2 nitrogen and oxygen atoms in total. The molecule has 0 N–H and O–H groups in total. The molecule has 1 aromatic carbocycles. The van der Waals surface area contributed by atoms with Crippen molar-refractivity contribution in [2.45, 2.75) is 31.6 Å². The number of halogens is 1. The van der Waals surface area contributed by atoms with E-state index in [1.54, 1.807) is 13.2 Å². The summed E-state index contributed by atoms with van der Waals surface area (Å²) in [6, 6.07) is 5.48. The number of ketones is 1. The molecule has 0 spiro atoms. The largest absolute Gasteiger partial charge is 0.496 e. The Kier molecular flexibility index (Phi) is 3.49. The zero-order valence-corrected chi connectivity index (χ0v) is 10.1. The summed E-state index contributed by atoms with van der Waals surface area (Å²) >= 11 is 5.97. The first-order chi connectivity index (χ1) is 7.72. The number of carbonyl (C=O) groups excluding carboxylic acids is 1. The van der Waals surface area contributed by atoms with Crippen LogP contribution in [0.3, 0.4) is 0 Å². The third kappa shape index (κ3) is 2.22. The van der Waals surface area contributed by atoms with Crippen molar-refractivity contribution >= 4 is 17.4 Å². The molecule has 0 aliphatic heterocycles. The quantitative estimate of drug-likeness (QED) is 0.787. The highest BCUT2D eigenvalue weighted by molar-refractivity contribution is 6.30. The molecule has 16 heavy (non-hydrogen) atoms. The maximum Gasteiger partial charge on any atom is 0.140 e. The zero-order valence-electron chi connectivity index (χ0n) is 9.33. The molecule has 0 heterocycles. The van der Waals surface area contributed by atoms with Crippen LogP contribution in [0.5, 0.6) is 5.75 Å². The van der Waals surface area contributed by atoms with Crippen LogP contribution < -0.4 is 4.74 Å². The van der Waals surface area contributed by atoms with Crippen molar-refractivity contribution < 1.29 is 9.53 Å². The molecule has 1 aliphatic rings. The van der Waals surface area contributed by atoms with Crippen molar-refractivity contribution in [3.05, 3.63) is 28.8 Å². The fourth-order valence-corrected chi connectivity index (χ4v) is 2.47. The van der Waals surface area contributed by atoms with Crippen LogP contribution in [0.25, 0.3) is 0 Å². The standard InChI is InChI=1S/C13H15ClO2/c1-16-13-7-6-9(14)8-11(13)10-4-2-3-5-12(10)15/h6-8,10H,2-5H2,1H3/t10-/m0/s1. The van der Waals surface area contributed by atoms with E-state index in [2.05, 4.69) is 0 Å². The number of Topliss-reactive ketones (excluding diaryl/α,β-unsaturated/α-hetero) is 1. The molecule has 1 aromatic rings. The van der Waals surface area contributed by atoms with E-state index in [4.69, 9.17) is 16.3 Å². The number of hydrogen-bond acceptors (Lipinski definition) is 2. The van der Waals surface area contributed by atoms with Crippen LogP contribution in [0.4, 0.5) is 0 Å². The number of benzene rings is 1. The summed E-state index contributed by atoms with van der Waals surface area (Å²) in [6.07, 6.45) is 3.71. The summed E-state index contributed by atoms with van der Waals surface area (Å²) in [4.78, 5) is 11.9. The second-order valence-corrected chi connectivity index (χ2v) is 4.59. The summed E-state index contributed by atoms with van der Waals surface area (Å²) in [6.45, 7) is 0. The molecule has 0 aromatic heterocycles. The van der Waals surface area contributed by atoms with Gasteiger partial charge in [0, 0.05) is 22.9 Å². The van der Waals surface area contributed by atoms with Crippen LogP contribution in [0.2, 0.25) is 5.02 Å². The highest BCUT2D eigenvalue weighted by atomic mass is 35.5. The van der Waals surface area contributed by atoms with Gasteiger partial charge in [0.25, 0.3) is 0 Å². The molecule has 3 heteroatoms. The second-order valence-electron chi connectivity index (χ2n) is 4.15. The molecule has 1 atom stereocenters. The van der Waals surface area contributed by atoms with Gasteiger partial charge in [-0.1, -0.05) is 18.0 Å². The molecule has 2 rings (SSSR count). The second kappa shape index (κ2) is 4.88. The van der Waals surface area contributed by atoms with Gasteiger partial charge in [-0.15, -0.1) is 0 Å². The van der Waals surface area contributed by atoms with Crippen LogP contribution in [-0.2, 0) is 4.79 Å². The lowest BCUT2D eigenvalue weighted by Crippen LogP contribution is -2.17. The highest BCUT2D eigenvalue weighted by Crippen LogP contribution is 2.36. The van der Waals surface area contributed by atoms with Gasteiger partial charge in [0.2, 0.25) is 0 Å². The van der Waals surface area contributed by atoms with Gasteiger partial charge < -0.3 is 4.74 Å². The van der Waals surface area contributed by atoms with Crippen molar-refractivity contribution in [1.82, 2.24) is 0 Å². The summed E-state index contributed by atoms with van der Waals surface area (Å²) in [5.74, 6) is 1.05. The molecule has 0 amide bonds. The monoisotopic (exact) mass is 238 g/mol. The van der Waals surface area contributed by atoms with Crippen LogP contribution in [0.1, 0.15) is 37.2 Å². The van der Waals surface area contributed by atoms with Crippen molar-refractivity contribution in [2.75, 3.05) is 7.11 Å². The molecular weight excluding hydrogens is 224 g/mol. The molecule has 0 radical (unpaired) electrons. The summed E-state index contributed by atoms with van der Waals surface area (Å²) < 4.78 is 5.29. The number of ether oxygens (including phenoxy) is 1. The highest BCUT2D eigenvalue weighted by Gasteiger charge is 2.26. The Morgan fingerprint density at radius 1 is 1.38 bits per heavy atom. The smallest absolute Gasteiger partial charge is 0.140 e. The normalized spacial score (nSPS) is 20.9. The third-order valence-corrected chi connectivity index (χ3v) is 3.36. The van der Waals surface area contributed by atoms with Gasteiger partial charge in [0.1, 0.15) is 11.5 Å². The lowest BCUT2D eigenvalue weighted by Gasteiger charge is -2.22. The van der Waals surface area contributed by atoms with E-state index in [0.29, 0.717) is 17.2 Å². The predicted molar refractivity (Wildman–Crippen MR) is 64.2 cm³/mol. The number of methoxy groups -OCH3 is 1. The minimum absolute atomic E-state index is 0.0256. The Hall–Kier alpha value is -1.02. The summed E-state index contributed by atoms with van der Waals surface area (Å²) in [7, 11) is 1.63. The third-order valence-electron chi connectivity index (χ3n) is 3.12. The van der Waals surface area contributed by atoms with Crippen molar-refractivity contribution in [3.63, 3.8) is 0 Å². The Morgan fingerprint density at radius 3 is 2.88 bits per heavy atom. The average molecular weight is 239 g/mol. The Bertz CT molecular complexity index is 401. The van der Waals surface area contributed by atoms with Crippen LogP contribution in [0, 0.1) is 0 Å². The first-order valence-corrected chi connectivity index (χ1v) is 5.96. The predicted octanol–water partition coefficient (Wildman–Crippen LogP) is 3.58. The van der Waals surface area contributed by atoms with E-state index in [9.17, 15) is 4.79 Å². The minimum atomic E-state index is -0.0256. The molecule has 0 unspecified atom stereocenters. The van der Waals surface area contributed by atoms with Crippen molar-refractivity contribution in [1.29, 1.82) is 0 Å². The minimum Gasteiger partial charge on any atom is -0.496 e. The zero-order chi connectivity index (χ0) is 11.5. The van der Waals surface area contributed by atoms with Gasteiger partial charge in [0.15, 0.2) is 0 Å². The fraction of sp³-hybridized carbons (Fsp3) is 0.462. The first kappa shape index (κ1) is 11.5. The Labute approximate surface area is 101 Å².